The van der Waals surface area contributed by atoms with E-state index in [1.165, 1.54) is 19.3 Å². The second kappa shape index (κ2) is 6.73. The minimum absolute atomic E-state index is 0.625. The normalized spacial score (nSPS) is 20.9. The molecule has 0 amide bonds. The van der Waals surface area contributed by atoms with Gasteiger partial charge in [-0.1, -0.05) is 24.9 Å². The molecule has 1 fully saturated rings. The summed E-state index contributed by atoms with van der Waals surface area (Å²) in [6.45, 7) is 8.32. The molecule has 19 heavy (non-hydrogen) atoms. The van der Waals surface area contributed by atoms with Gasteiger partial charge in [0.05, 0.1) is 16.4 Å². The van der Waals surface area contributed by atoms with Gasteiger partial charge in [0.25, 0.3) is 0 Å². The van der Waals surface area contributed by atoms with Crippen LogP contribution in [0.5, 0.6) is 0 Å². The van der Waals surface area contributed by atoms with E-state index in [0.717, 1.165) is 42.6 Å². The van der Waals surface area contributed by atoms with Crippen molar-refractivity contribution in [3.05, 3.63) is 16.4 Å². The van der Waals surface area contributed by atoms with Crippen molar-refractivity contribution < 1.29 is 0 Å². The summed E-state index contributed by atoms with van der Waals surface area (Å²) in [5, 5.41) is 8.71. The van der Waals surface area contributed by atoms with Crippen LogP contribution in [0, 0.1) is 6.92 Å². The zero-order valence-corrected chi connectivity index (χ0v) is 13.0. The number of aryl methyl sites for hydroxylation is 2. The summed E-state index contributed by atoms with van der Waals surface area (Å²) in [5.41, 5.74) is 2.07. The lowest BCUT2D eigenvalue weighted by molar-refractivity contribution is 0.135. The van der Waals surface area contributed by atoms with Crippen LogP contribution in [0.25, 0.3) is 0 Å². The van der Waals surface area contributed by atoms with Gasteiger partial charge >= 0.3 is 0 Å². The summed E-state index contributed by atoms with van der Waals surface area (Å²) in [6.07, 6.45) is 3.91. The standard InChI is InChI=1S/C14H25ClN4/c1-4-16-9-12-7-5-6-8-19(12)10-13-14(15)11(2)17-18(13)3/h12,16H,4-10H2,1-3H3. The lowest BCUT2D eigenvalue weighted by atomic mass is 10.0. The first-order valence-electron chi connectivity index (χ1n) is 7.26. The van der Waals surface area contributed by atoms with Crippen molar-refractivity contribution in [3.63, 3.8) is 0 Å². The van der Waals surface area contributed by atoms with Gasteiger partial charge in [-0.25, -0.2) is 0 Å². The summed E-state index contributed by atoms with van der Waals surface area (Å²) in [7, 11) is 1.98. The van der Waals surface area contributed by atoms with Crippen molar-refractivity contribution in [3.8, 4) is 0 Å². The molecule has 0 aromatic carbocycles. The summed E-state index contributed by atoms with van der Waals surface area (Å²) < 4.78 is 1.93. The van der Waals surface area contributed by atoms with Gasteiger partial charge in [0.1, 0.15) is 0 Å². The molecule has 1 unspecified atom stereocenters. The first-order valence-corrected chi connectivity index (χ1v) is 7.64. The fraction of sp³-hybridized carbons (Fsp3) is 0.786. The average molecular weight is 285 g/mol. The molecule has 4 nitrogen and oxygen atoms in total. The molecule has 1 atom stereocenters. The van der Waals surface area contributed by atoms with Gasteiger partial charge in [-0.2, -0.15) is 5.10 Å². The summed E-state index contributed by atoms with van der Waals surface area (Å²) in [5.74, 6) is 0. The molecule has 108 valence electrons. The highest BCUT2D eigenvalue weighted by Gasteiger charge is 2.24. The van der Waals surface area contributed by atoms with Crippen LogP contribution < -0.4 is 5.32 Å². The third kappa shape index (κ3) is 3.50. The molecular weight excluding hydrogens is 260 g/mol. The fourth-order valence-electron chi connectivity index (χ4n) is 2.85. The maximum atomic E-state index is 6.36. The first kappa shape index (κ1) is 14.8. The summed E-state index contributed by atoms with van der Waals surface area (Å²) >= 11 is 6.36. The second-order valence-corrected chi connectivity index (χ2v) is 5.78. The molecule has 1 N–H and O–H groups in total. The van der Waals surface area contributed by atoms with Gasteiger partial charge in [-0.3, -0.25) is 9.58 Å². The third-order valence-electron chi connectivity index (χ3n) is 3.99. The van der Waals surface area contributed by atoms with Crippen LogP contribution in [0.3, 0.4) is 0 Å². The Morgan fingerprint density at radius 2 is 2.21 bits per heavy atom. The Labute approximate surface area is 121 Å². The molecule has 1 aliphatic heterocycles. The van der Waals surface area contributed by atoms with Gasteiger partial charge in [0.15, 0.2) is 0 Å². The van der Waals surface area contributed by atoms with Crippen molar-refractivity contribution >= 4 is 11.6 Å². The van der Waals surface area contributed by atoms with Crippen LogP contribution in [0.15, 0.2) is 0 Å². The Bertz CT molecular complexity index is 416. The lowest BCUT2D eigenvalue weighted by Crippen LogP contribution is -2.45. The summed E-state index contributed by atoms with van der Waals surface area (Å²) in [4.78, 5) is 2.55. The molecule has 0 saturated carbocycles. The molecule has 1 aliphatic rings. The van der Waals surface area contributed by atoms with Crippen molar-refractivity contribution in [1.29, 1.82) is 0 Å². The lowest BCUT2D eigenvalue weighted by Gasteiger charge is -2.35. The van der Waals surface area contributed by atoms with Crippen molar-refractivity contribution in [2.24, 2.45) is 7.05 Å². The van der Waals surface area contributed by atoms with E-state index >= 15 is 0 Å². The zero-order chi connectivity index (χ0) is 13.8. The van der Waals surface area contributed by atoms with Crippen LogP contribution in [0.2, 0.25) is 5.02 Å². The smallest absolute Gasteiger partial charge is 0.0860 e. The van der Waals surface area contributed by atoms with E-state index in [0.29, 0.717) is 6.04 Å². The Hall–Kier alpha value is -0.580. The molecule has 0 aliphatic carbocycles. The number of nitrogens with zero attached hydrogens (tertiary/aromatic N) is 3. The van der Waals surface area contributed by atoms with E-state index < -0.39 is 0 Å². The maximum absolute atomic E-state index is 6.36. The minimum Gasteiger partial charge on any atom is -0.315 e. The molecule has 1 saturated heterocycles. The van der Waals surface area contributed by atoms with E-state index in [1.54, 1.807) is 0 Å². The first-order chi connectivity index (χ1) is 9.13. The SMILES string of the molecule is CCNCC1CCCCN1Cc1c(Cl)c(C)nn1C. The highest BCUT2D eigenvalue weighted by Crippen LogP contribution is 2.24. The number of hydrogen-bond acceptors (Lipinski definition) is 3. The number of nitrogens with one attached hydrogen (secondary N) is 1. The van der Waals surface area contributed by atoms with Crippen LogP contribution >= 0.6 is 11.6 Å². The van der Waals surface area contributed by atoms with E-state index in [1.807, 2.05) is 18.7 Å². The molecule has 0 radical (unpaired) electrons. The van der Waals surface area contributed by atoms with Crippen molar-refractivity contribution in [2.45, 2.75) is 45.7 Å². The largest absolute Gasteiger partial charge is 0.315 e. The van der Waals surface area contributed by atoms with Gasteiger partial charge in [0, 0.05) is 26.2 Å². The van der Waals surface area contributed by atoms with E-state index in [4.69, 9.17) is 11.6 Å². The number of piperidine rings is 1. The van der Waals surface area contributed by atoms with Gasteiger partial charge in [0.2, 0.25) is 0 Å². The van der Waals surface area contributed by atoms with Gasteiger partial charge in [-0.15, -0.1) is 0 Å². The van der Waals surface area contributed by atoms with Gasteiger partial charge in [-0.05, 0) is 32.9 Å². The quantitative estimate of drug-likeness (QED) is 0.901. The van der Waals surface area contributed by atoms with Crippen LogP contribution in [-0.2, 0) is 13.6 Å². The second-order valence-electron chi connectivity index (χ2n) is 5.40. The fourth-order valence-corrected chi connectivity index (χ4v) is 3.07. The monoisotopic (exact) mass is 284 g/mol. The topological polar surface area (TPSA) is 33.1 Å². The highest BCUT2D eigenvalue weighted by molar-refractivity contribution is 6.31. The Balaban J connectivity index is 2.06. The van der Waals surface area contributed by atoms with Crippen LogP contribution in [-0.4, -0.2) is 40.4 Å². The van der Waals surface area contributed by atoms with Crippen molar-refractivity contribution in [1.82, 2.24) is 20.0 Å². The third-order valence-corrected chi connectivity index (χ3v) is 4.49. The molecule has 1 aromatic heterocycles. The number of hydrogen-bond donors (Lipinski definition) is 1. The van der Waals surface area contributed by atoms with E-state index in [-0.39, 0.29) is 0 Å². The number of likely N-dealkylation sites (tertiary alicyclic amines) is 1. The Morgan fingerprint density at radius 3 is 2.84 bits per heavy atom. The molecule has 2 heterocycles. The van der Waals surface area contributed by atoms with E-state index in [9.17, 15) is 0 Å². The van der Waals surface area contributed by atoms with E-state index in [2.05, 4.69) is 22.2 Å². The molecule has 0 spiro atoms. The molecule has 2 rings (SSSR count). The Morgan fingerprint density at radius 1 is 1.42 bits per heavy atom. The number of likely N-dealkylation sites (N-methyl/N-ethyl adjacent to an activating group) is 1. The molecular formula is C14H25ClN4. The zero-order valence-electron chi connectivity index (χ0n) is 12.2. The highest BCUT2D eigenvalue weighted by atomic mass is 35.5. The predicted octanol–water partition coefficient (Wildman–Crippen LogP) is 2.35. The number of aromatic nitrogens is 2. The molecule has 5 heteroatoms. The van der Waals surface area contributed by atoms with Gasteiger partial charge < -0.3 is 5.32 Å². The Kier molecular flexibility index (Phi) is 5.25. The van der Waals surface area contributed by atoms with Crippen LogP contribution in [0.1, 0.15) is 37.6 Å². The number of rotatable bonds is 5. The molecule has 0 bridgehead atoms. The predicted molar refractivity (Wildman–Crippen MR) is 79.5 cm³/mol. The summed E-state index contributed by atoms with van der Waals surface area (Å²) in [6, 6.07) is 0.625. The number of halogens is 1. The van der Waals surface area contributed by atoms with Crippen molar-refractivity contribution in [2.75, 3.05) is 19.6 Å². The molecule has 1 aromatic rings. The maximum Gasteiger partial charge on any atom is 0.0860 e. The average Bonchev–Trinajstić information content (AvgIpc) is 2.64. The van der Waals surface area contributed by atoms with Crippen LogP contribution in [0.4, 0.5) is 0 Å². The minimum atomic E-state index is 0.625.